The molecule has 1 aromatic heterocycles. The monoisotopic (exact) mass is 493 g/mol. The van der Waals surface area contributed by atoms with Crippen LogP contribution in [0.5, 0.6) is 0 Å². The Morgan fingerprint density at radius 1 is 1.14 bits per heavy atom. The van der Waals surface area contributed by atoms with E-state index in [1.54, 1.807) is 6.07 Å². The molecule has 0 spiro atoms. The molecular formula is C27H28FN3O3S. The Hall–Kier alpha value is -2.87. The topological polar surface area (TPSA) is 66.7 Å². The van der Waals surface area contributed by atoms with Gasteiger partial charge in [0.2, 0.25) is 5.91 Å². The van der Waals surface area contributed by atoms with Crippen molar-refractivity contribution >= 4 is 34.5 Å². The van der Waals surface area contributed by atoms with Crippen molar-refractivity contribution in [1.82, 2.24) is 15.0 Å². The van der Waals surface area contributed by atoms with E-state index < -0.39 is 5.54 Å². The van der Waals surface area contributed by atoms with Crippen LogP contribution in [0.15, 0.2) is 47.0 Å². The molecule has 0 saturated carbocycles. The van der Waals surface area contributed by atoms with Gasteiger partial charge in [0.1, 0.15) is 5.82 Å². The molecule has 2 fully saturated rings. The molecule has 3 aliphatic heterocycles. The summed E-state index contributed by atoms with van der Waals surface area (Å²) in [5, 5.41) is 5.07. The number of likely N-dealkylation sites (tertiary alicyclic amines) is 1. The third-order valence-corrected chi connectivity index (χ3v) is 8.98. The summed E-state index contributed by atoms with van der Waals surface area (Å²) >= 11 is 1.90. The maximum atomic E-state index is 13.6. The van der Waals surface area contributed by atoms with E-state index in [9.17, 15) is 14.0 Å². The van der Waals surface area contributed by atoms with Crippen LogP contribution in [0.3, 0.4) is 0 Å². The number of benzene rings is 2. The van der Waals surface area contributed by atoms with E-state index in [0.29, 0.717) is 31.6 Å². The molecule has 3 aromatic rings. The van der Waals surface area contributed by atoms with E-state index >= 15 is 0 Å². The van der Waals surface area contributed by atoms with Gasteiger partial charge in [-0.3, -0.25) is 9.59 Å². The second-order valence-electron chi connectivity index (χ2n) is 9.93. The number of fused-ring (bicyclic) bond motifs is 2. The Morgan fingerprint density at radius 2 is 1.91 bits per heavy atom. The highest BCUT2D eigenvalue weighted by Gasteiger charge is 2.46. The normalized spacial score (nSPS) is 20.4. The zero-order valence-electron chi connectivity index (χ0n) is 19.5. The summed E-state index contributed by atoms with van der Waals surface area (Å²) in [6.45, 7) is 1.89. The summed E-state index contributed by atoms with van der Waals surface area (Å²) < 4.78 is 18.9. The summed E-state index contributed by atoms with van der Waals surface area (Å²) in [7, 11) is 0. The Morgan fingerprint density at radius 3 is 2.69 bits per heavy atom. The smallest absolute Gasteiger partial charge is 0.254 e. The van der Waals surface area contributed by atoms with Crippen molar-refractivity contribution in [1.29, 1.82) is 0 Å². The Balaban J connectivity index is 1.16. The molecular weight excluding hydrogens is 465 g/mol. The van der Waals surface area contributed by atoms with E-state index in [-0.39, 0.29) is 23.5 Å². The van der Waals surface area contributed by atoms with Crippen LogP contribution in [0.2, 0.25) is 0 Å². The molecule has 3 aliphatic rings. The van der Waals surface area contributed by atoms with Gasteiger partial charge in [-0.15, -0.1) is 0 Å². The average Bonchev–Trinajstić information content (AvgIpc) is 3.46. The van der Waals surface area contributed by atoms with Gasteiger partial charge in [0.25, 0.3) is 5.91 Å². The van der Waals surface area contributed by atoms with Crippen LogP contribution in [-0.4, -0.2) is 56.9 Å². The predicted molar refractivity (Wildman–Crippen MR) is 133 cm³/mol. The van der Waals surface area contributed by atoms with Crippen molar-refractivity contribution in [2.45, 2.75) is 50.1 Å². The van der Waals surface area contributed by atoms with E-state index in [0.717, 1.165) is 59.4 Å². The first-order valence-corrected chi connectivity index (χ1v) is 13.5. The number of aromatic nitrogens is 1. The number of hydrogen-bond acceptors (Lipinski definition) is 5. The highest BCUT2D eigenvalue weighted by Crippen LogP contribution is 2.41. The van der Waals surface area contributed by atoms with Crippen molar-refractivity contribution in [2.24, 2.45) is 0 Å². The molecule has 2 amide bonds. The minimum Gasteiger partial charge on any atom is -0.356 e. The lowest BCUT2D eigenvalue weighted by molar-refractivity contribution is -0.135. The molecule has 182 valence electrons. The third-order valence-electron chi connectivity index (χ3n) is 7.99. The molecule has 0 N–H and O–H groups in total. The van der Waals surface area contributed by atoms with E-state index in [1.165, 1.54) is 12.1 Å². The summed E-state index contributed by atoms with van der Waals surface area (Å²) in [4.78, 5) is 30.8. The number of piperidine rings is 1. The number of carbonyl (C=O) groups is 2. The van der Waals surface area contributed by atoms with Gasteiger partial charge >= 0.3 is 0 Å². The maximum absolute atomic E-state index is 13.6. The van der Waals surface area contributed by atoms with Gasteiger partial charge < -0.3 is 14.3 Å². The molecule has 0 aliphatic carbocycles. The number of hydrogen-bond donors (Lipinski definition) is 0. The largest absolute Gasteiger partial charge is 0.356 e. The second-order valence-corrected chi connectivity index (χ2v) is 11.2. The minimum atomic E-state index is -0.415. The fourth-order valence-electron chi connectivity index (χ4n) is 5.95. The first kappa shape index (κ1) is 22.6. The number of rotatable bonds is 4. The zero-order valence-corrected chi connectivity index (χ0v) is 20.4. The third kappa shape index (κ3) is 4.01. The molecule has 0 radical (unpaired) electrons. The Kier molecular flexibility index (Phi) is 5.79. The van der Waals surface area contributed by atoms with Gasteiger partial charge in [0, 0.05) is 42.6 Å². The second kappa shape index (κ2) is 8.97. The number of thioether (sulfide) groups is 1. The molecule has 0 bridgehead atoms. The lowest BCUT2D eigenvalue weighted by atomic mass is 9.85. The minimum absolute atomic E-state index is 0.0633. The van der Waals surface area contributed by atoms with Crippen LogP contribution >= 0.6 is 11.8 Å². The number of halogens is 1. The summed E-state index contributed by atoms with van der Waals surface area (Å²) in [6, 6.07) is 12.3. The average molecular weight is 494 g/mol. The molecule has 0 atom stereocenters. The van der Waals surface area contributed by atoms with Gasteiger partial charge in [-0.2, -0.15) is 11.8 Å². The van der Waals surface area contributed by atoms with E-state index in [1.807, 2.05) is 45.8 Å². The van der Waals surface area contributed by atoms with Crippen LogP contribution in [-0.2, 0) is 11.3 Å². The molecule has 2 aromatic carbocycles. The van der Waals surface area contributed by atoms with Gasteiger partial charge in [-0.05, 0) is 61.0 Å². The van der Waals surface area contributed by atoms with Crippen LogP contribution in [0.4, 0.5) is 4.39 Å². The summed E-state index contributed by atoms with van der Waals surface area (Å²) in [5.41, 5.74) is 2.74. The van der Waals surface area contributed by atoms with Gasteiger partial charge in [0.05, 0.1) is 17.7 Å². The van der Waals surface area contributed by atoms with Crippen molar-refractivity contribution < 1.29 is 18.5 Å². The summed E-state index contributed by atoms with van der Waals surface area (Å²) in [5.74, 6) is 1.97. The van der Waals surface area contributed by atoms with E-state index in [4.69, 9.17) is 4.52 Å². The SMILES string of the molecule is O=C(CC1(N2Cc3ccccc3C2=O)CCSCC1)N1CCC(c2noc3cc(F)ccc23)CC1. The van der Waals surface area contributed by atoms with Gasteiger partial charge in [-0.1, -0.05) is 23.4 Å². The number of nitrogens with zero attached hydrogens (tertiary/aromatic N) is 3. The standard InChI is InChI=1S/C27H28FN3O3S/c28-20-5-6-22-23(15-20)34-29-25(22)18-7-11-30(12-8-18)24(32)16-27(9-13-35-14-10-27)31-17-19-3-1-2-4-21(19)26(31)33/h1-6,15,18H,7-14,16-17H2. The first-order chi connectivity index (χ1) is 17.0. The molecule has 6 rings (SSSR count). The number of carbonyl (C=O) groups excluding carboxylic acids is 2. The van der Waals surface area contributed by atoms with Crippen molar-refractivity contribution in [3.05, 3.63) is 65.1 Å². The van der Waals surface area contributed by atoms with Crippen molar-refractivity contribution in [2.75, 3.05) is 24.6 Å². The fraction of sp³-hybridized carbons (Fsp3) is 0.444. The fourth-order valence-corrected chi connectivity index (χ4v) is 7.20. The molecule has 2 saturated heterocycles. The van der Waals surface area contributed by atoms with E-state index in [2.05, 4.69) is 5.16 Å². The first-order valence-electron chi connectivity index (χ1n) is 12.3. The zero-order chi connectivity index (χ0) is 24.0. The molecule has 4 heterocycles. The van der Waals surface area contributed by atoms with Crippen LogP contribution in [0, 0.1) is 5.82 Å². The van der Waals surface area contributed by atoms with Crippen LogP contribution in [0.25, 0.3) is 11.0 Å². The van der Waals surface area contributed by atoms with Crippen molar-refractivity contribution in [3.8, 4) is 0 Å². The van der Waals surface area contributed by atoms with Crippen LogP contribution < -0.4 is 0 Å². The highest BCUT2D eigenvalue weighted by molar-refractivity contribution is 7.99. The Bertz CT molecular complexity index is 1280. The van der Waals surface area contributed by atoms with Gasteiger partial charge in [-0.25, -0.2) is 4.39 Å². The Labute approximate surface area is 207 Å². The molecule has 8 heteroatoms. The predicted octanol–water partition coefficient (Wildman–Crippen LogP) is 4.98. The van der Waals surface area contributed by atoms with Crippen LogP contribution in [0.1, 0.15) is 59.6 Å². The van der Waals surface area contributed by atoms with Crippen molar-refractivity contribution in [3.63, 3.8) is 0 Å². The number of amides is 2. The maximum Gasteiger partial charge on any atom is 0.254 e. The molecule has 35 heavy (non-hydrogen) atoms. The van der Waals surface area contributed by atoms with Gasteiger partial charge in [0.15, 0.2) is 5.58 Å². The molecule has 6 nitrogen and oxygen atoms in total. The quantitative estimate of drug-likeness (QED) is 0.513. The molecule has 0 unspecified atom stereocenters. The lowest BCUT2D eigenvalue weighted by Gasteiger charge is -2.45. The highest BCUT2D eigenvalue weighted by atomic mass is 32.2. The summed E-state index contributed by atoms with van der Waals surface area (Å²) in [6.07, 6.45) is 3.66. The lowest BCUT2D eigenvalue weighted by Crippen LogP contribution is -2.54.